The van der Waals surface area contributed by atoms with E-state index >= 15 is 0 Å². The summed E-state index contributed by atoms with van der Waals surface area (Å²) in [6.07, 6.45) is 7.93. The van der Waals surface area contributed by atoms with E-state index in [-0.39, 0.29) is 11.7 Å². The molecule has 1 saturated heterocycles. The van der Waals surface area contributed by atoms with Crippen molar-refractivity contribution in [1.82, 2.24) is 9.80 Å². The largest absolute Gasteiger partial charge is 0.497 e. The van der Waals surface area contributed by atoms with Gasteiger partial charge in [0.2, 0.25) is 5.91 Å². The van der Waals surface area contributed by atoms with E-state index in [1.54, 1.807) is 36.3 Å². The fraction of sp³-hybridized carbons (Fsp3) is 0.333. The Morgan fingerprint density at radius 1 is 1.17 bits per heavy atom. The number of nitrogens with zero attached hydrogens (tertiary/aromatic N) is 2. The van der Waals surface area contributed by atoms with Crippen molar-refractivity contribution in [3.63, 3.8) is 0 Å². The molecule has 0 aliphatic carbocycles. The molecule has 0 atom stereocenters. The van der Waals surface area contributed by atoms with Crippen molar-refractivity contribution < 1.29 is 14.3 Å². The van der Waals surface area contributed by atoms with Gasteiger partial charge in [-0.25, -0.2) is 0 Å². The number of benzene rings is 1. The van der Waals surface area contributed by atoms with Crippen molar-refractivity contribution >= 4 is 11.7 Å². The lowest BCUT2D eigenvalue weighted by atomic mass is 10.1. The maximum atomic E-state index is 12.1. The molecule has 5 nitrogen and oxygen atoms in total. The summed E-state index contributed by atoms with van der Waals surface area (Å²) >= 11 is 0. The molecule has 0 spiro atoms. The Kier molecular flexibility index (Phi) is 5.95. The number of hydrogen-bond acceptors (Lipinski definition) is 4. The van der Waals surface area contributed by atoms with Gasteiger partial charge in [0.15, 0.2) is 5.78 Å². The van der Waals surface area contributed by atoms with E-state index in [4.69, 9.17) is 11.2 Å². The number of piperazine rings is 1. The Balaban J connectivity index is 1.88. The van der Waals surface area contributed by atoms with Crippen LogP contribution in [0.4, 0.5) is 0 Å². The third-order valence-corrected chi connectivity index (χ3v) is 3.75. The van der Waals surface area contributed by atoms with E-state index in [1.807, 2.05) is 0 Å². The van der Waals surface area contributed by atoms with Crippen LogP contribution in [0.3, 0.4) is 0 Å². The van der Waals surface area contributed by atoms with Gasteiger partial charge in [0.1, 0.15) is 5.75 Å². The molecule has 0 bridgehead atoms. The second-order valence-electron chi connectivity index (χ2n) is 5.23. The molecule has 0 aromatic heterocycles. The molecule has 1 aliphatic heterocycles. The summed E-state index contributed by atoms with van der Waals surface area (Å²) in [6, 6.07) is 6.78. The Labute approximate surface area is 136 Å². The zero-order valence-electron chi connectivity index (χ0n) is 13.2. The first-order valence-corrected chi connectivity index (χ1v) is 7.45. The minimum absolute atomic E-state index is 0.146. The number of carbonyl (C=O) groups excluding carboxylic acids is 2. The summed E-state index contributed by atoms with van der Waals surface area (Å²) in [7, 11) is 1.57. The normalized spacial score (nSPS) is 15.4. The number of allylic oxidation sites excluding steroid dienone is 1. The average molecular weight is 312 g/mol. The number of terminal acetylenes is 1. The van der Waals surface area contributed by atoms with Gasteiger partial charge in [0, 0.05) is 37.8 Å². The standard InChI is InChI=1S/C18H20N2O3/c1-3-10-19-11-13-20(14-12-19)18(22)9-8-17(21)15-4-6-16(23-2)7-5-15/h1,4-9H,10-14H2,2H3/b9-8+. The number of carbonyl (C=O) groups is 2. The highest BCUT2D eigenvalue weighted by molar-refractivity contribution is 6.07. The molecular formula is C18H20N2O3. The van der Waals surface area contributed by atoms with Crippen molar-refractivity contribution in [1.29, 1.82) is 0 Å². The van der Waals surface area contributed by atoms with Crippen LogP contribution in [-0.2, 0) is 4.79 Å². The van der Waals surface area contributed by atoms with E-state index in [9.17, 15) is 9.59 Å². The Hall–Kier alpha value is -2.58. The zero-order valence-corrected chi connectivity index (χ0v) is 13.2. The van der Waals surface area contributed by atoms with Gasteiger partial charge < -0.3 is 9.64 Å². The number of hydrogen-bond donors (Lipinski definition) is 0. The van der Waals surface area contributed by atoms with Crippen LogP contribution in [0.25, 0.3) is 0 Å². The highest BCUT2D eigenvalue weighted by Crippen LogP contribution is 2.12. The monoisotopic (exact) mass is 312 g/mol. The summed E-state index contributed by atoms with van der Waals surface area (Å²) in [5.41, 5.74) is 0.522. The molecule has 1 aliphatic rings. The van der Waals surface area contributed by atoms with Gasteiger partial charge in [0.25, 0.3) is 0 Å². The van der Waals surface area contributed by atoms with Gasteiger partial charge in [-0.05, 0) is 30.3 Å². The lowest BCUT2D eigenvalue weighted by Crippen LogP contribution is -2.48. The lowest BCUT2D eigenvalue weighted by Gasteiger charge is -2.33. The third kappa shape index (κ3) is 4.70. The minimum Gasteiger partial charge on any atom is -0.497 e. The van der Waals surface area contributed by atoms with Crippen molar-refractivity contribution in [2.75, 3.05) is 39.8 Å². The number of methoxy groups -OCH3 is 1. The van der Waals surface area contributed by atoms with Crippen LogP contribution in [0.15, 0.2) is 36.4 Å². The molecule has 1 heterocycles. The summed E-state index contributed by atoms with van der Waals surface area (Å²) < 4.78 is 5.05. The van der Waals surface area contributed by atoms with Gasteiger partial charge >= 0.3 is 0 Å². The van der Waals surface area contributed by atoms with Crippen LogP contribution in [0, 0.1) is 12.3 Å². The summed E-state index contributed by atoms with van der Waals surface area (Å²) in [5, 5.41) is 0. The molecule has 0 unspecified atom stereocenters. The smallest absolute Gasteiger partial charge is 0.246 e. The van der Waals surface area contributed by atoms with Crippen LogP contribution in [0.5, 0.6) is 5.75 Å². The predicted molar refractivity (Wildman–Crippen MR) is 88.3 cm³/mol. The zero-order chi connectivity index (χ0) is 16.7. The quantitative estimate of drug-likeness (QED) is 0.466. The fourth-order valence-corrected chi connectivity index (χ4v) is 2.36. The average Bonchev–Trinajstić information content (AvgIpc) is 2.60. The van der Waals surface area contributed by atoms with E-state index < -0.39 is 0 Å². The first-order chi connectivity index (χ1) is 11.1. The van der Waals surface area contributed by atoms with E-state index in [1.165, 1.54) is 12.2 Å². The van der Waals surface area contributed by atoms with Crippen LogP contribution < -0.4 is 4.74 Å². The number of ether oxygens (including phenoxy) is 1. The molecule has 0 saturated carbocycles. The molecule has 1 aromatic carbocycles. The highest BCUT2D eigenvalue weighted by atomic mass is 16.5. The molecule has 0 N–H and O–H groups in total. The Bertz CT molecular complexity index is 621. The molecular weight excluding hydrogens is 292 g/mol. The van der Waals surface area contributed by atoms with Gasteiger partial charge in [-0.15, -0.1) is 6.42 Å². The fourth-order valence-electron chi connectivity index (χ4n) is 2.36. The van der Waals surface area contributed by atoms with Gasteiger partial charge in [-0.2, -0.15) is 0 Å². The molecule has 1 aromatic rings. The maximum absolute atomic E-state index is 12.1. The van der Waals surface area contributed by atoms with Crippen LogP contribution in [0.1, 0.15) is 10.4 Å². The van der Waals surface area contributed by atoms with Gasteiger partial charge in [-0.1, -0.05) is 5.92 Å². The number of rotatable bonds is 5. The summed E-state index contributed by atoms with van der Waals surface area (Å²) in [6.45, 7) is 3.38. The number of ketones is 1. The second kappa shape index (κ2) is 8.16. The Morgan fingerprint density at radius 3 is 2.39 bits per heavy atom. The number of amides is 1. The van der Waals surface area contributed by atoms with Crippen molar-refractivity contribution in [2.24, 2.45) is 0 Å². The van der Waals surface area contributed by atoms with Crippen molar-refractivity contribution in [3.05, 3.63) is 42.0 Å². The molecule has 2 rings (SSSR count). The predicted octanol–water partition coefficient (Wildman–Crippen LogP) is 1.21. The highest BCUT2D eigenvalue weighted by Gasteiger charge is 2.18. The summed E-state index contributed by atoms with van der Waals surface area (Å²) in [4.78, 5) is 28.0. The molecule has 1 fully saturated rings. The Morgan fingerprint density at radius 2 is 1.83 bits per heavy atom. The molecule has 23 heavy (non-hydrogen) atoms. The molecule has 1 amide bonds. The van der Waals surface area contributed by atoms with E-state index in [2.05, 4.69) is 10.8 Å². The summed E-state index contributed by atoms with van der Waals surface area (Å²) in [5.74, 6) is 2.94. The van der Waals surface area contributed by atoms with Crippen molar-refractivity contribution in [3.8, 4) is 18.1 Å². The SMILES string of the molecule is C#CCN1CCN(C(=O)/C=C/C(=O)c2ccc(OC)cc2)CC1. The topological polar surface area (TPSA) is 49.9 Å². The molecule has 0 radical (unpaired) electrons. The lowest BCUT2D eigenvalue weighted by molar-refractivity contribution is -0.127. The van der Waals surface area contributed by atoms with Crippen LogP contribution in [0.2, 0.25) is 0 Å². The van der Waals surface area contributed by atoms with E-state index in [0.29, 0.717) is 30.9 Å². The van der Waals surface area contributed by atoms with Gasteiger partial charge in [0.05, 0.1) is 13.7 Å². The third-order valence-electron chi connectivity index (χ3n) is 3.75. The minimum atomic E-state index is -0.202. The first kappa shape index (κ1) is 16.8. The van der Waals surface area contributed by atoms with E-state index in [0.717, 1.165) is 13.1 Å². The van der Waals surface area contributed by atoms with Crippen LogP contribution >= 0.6 is 0 Å². The van der Waals surface area contributed by atoms with Crippen molar-refractivity contribution in [2.45, 2.75) is 0 Å². The molecule has 5 heteroatoms. The van der Waals surface area contributed by atoms with Crippen LogP contribution in [-0.4, -0.2) is 61.3 Å². The first-order valence-electron chi connectivity index (χ1n) is 7.45. The second-order valence-corrected chi connectivity index (χ2v) is 5.23. The molecule has 120 valence electrons. The maximum Gasteiger partial charge on any atom is 0.246 e. The van der Waals surface area contributed by atoms with Gasteiger partial charge in [-0.3, -0.25) is 14.5 Å².